The number of nitrogens with one attached hydrogen (secondary N) is 1. The number of carbonyl (C=O) groups is 1. The van der Waals surface area contributed by atoms with Gasteiger partial charge in [-0.3, -0.25) is 9.59 Å². The first-order valence-electron chi connectivity index (χ1n) is 4.60. The van der Waals surface area contributed by atoms with E-state index in [1.807, 2.05) is 6.92 Å². The Labute approximate surface area is 82.6 Å². The minimum atomic E-state index is -0.249. The van der Waals surface area contributed by atoms with Gasteiger partial charge in [-0.15, -0.1) is 0 Å². The van der Waals surface area contributed by atoms with Crippen molar-refractivity contribution in [3.63, 3.8) is 0 Å². The van der Waals surface area contributed by atoms with Gasteiger partial charge in [0.1, 0.15) is 5.69 Å². The van der Waals surface area contributed by atoms with Crippen LogP contribution in [0, 0.1) is 0 Å². The van der Waals surface area contributed by atoms with Crippen LogP contribution >= 0.6 is 0 Å². The topological polar surface area (TPSA) is 53.2 Å². The van der Waals surface area contributed by atoms with Gasteiger partial charge in [0, 0.05) is 19.7 Å². The highest BCUT2D eigenvalue weighted by molar-refractivity contribution is 5.91. The van der Waals surface area contributed by atoms with Gasteiger partial charge in [0.15, 0.2) is 0 Å². The molecule has 0 aliphatic heterocycles. The average molecular weight is 194 g/mol. The van der Waals surface area contributed by atoms with Crippen LogP contribution < -0.4 is 5.56 Å². The fourth-order valence-corrected chi connectivity index (χ4v) is 1.22. The standard InChI is InChI=1S/C10H14N2O2/c1-3-7-12(2)10(14)8-5-4-6-9(13)11-8/h4-6H,3,7H2,1-2H3,(H,11,13). The third-order valence-electron chi connectivity index (χ3n) is 1.90. The number of hydrogen-bond donors (Lipinski definition) is 1. The Balaban J connectivity index is 2.84. The van der Waals surface area contributed by atoms with Crippen molar-refractivity contribution in [2.75, 3.05) is 13.6 Å². The van der Waals surface area contributed by atoms with E-state index in [1.54, 1.807) is 24.1 Å². The normalized spacial score (nSPS) is 9.86. The monoisotopic (exact) mass is 194 g/mol. The first-order valence-corrected chi connectivity index (χ1v) is 4.60. The van der Waals surface area contributed by atoms with Gasteiger partial charge < -0.3 is 9.88 Å². The summed E-state index contributed by atoms with van der Waals surface area (Å²) < 4.78 is 0. The van der Waals surface area contributed by atoms with E-state index < -0.39 is 0 Å². The molecular formula is C10H14N2O2. The van der Waals surface area contributed by atoms with Gasteiger partial charge in [-0.2, -0.15) is 0 Å². The highest BCUT2D eigenvalue weighted by Gasteiger charge is 2.10. The van der Waals surface area contributed by atoms with Crippen LogP contribution in [0.1, 0.15) is 23.8 Å². The molecule has 0 aromatic carbocycles. The third kappa shape index (κ3) is 2.45. The molecule has 1 N–H and O–H groups in total. The van der Waals surface area contributed by atoms with Gasteiger partial charge in [0.25, 0.3) is 5.91 Å². The number of pyridine rings is 1. The molecule has 0 saturated carbocycles. The minimum absolute atomic E-state index is 0.149. The molecule has 1 aromatic heterocycles. The van der Waals surface area contributed by atoms with E-state index in [0.29, 0.717) is 12.2 Å². The molecular weight excluding hydrogens is 180 g/mol. The predicted octanol–water partition coefficient (Wildman–Crippen LogP) is 0.857. The van der Waals surface area contributed by atoms with Gasteiger partial charge in [0.05, 0.1) is 0 Å². The quantitative estimate of drug-likeness (QED) is 0.775. The first kappa shape index (κ1) is 10.5. The molecule has 0 aliphatic carbocycles. The van der Waals surface area contributed by atoms with Crippen molar-refractivity contribution in [3.8, 4) is 0 Å². The van der Waals surface area contributed by atoms with E-state index in [1.165, 1.54) is 6.07 Å². The van der Waals surface area contributed by atoms with Crippen molar-refractivity contribution in [2.45, 2.75) is 13.3 Å². The number of rotatable bonds is 3. The molecule has 0 unspecified atom stereocenters. The van der Waals surface area contributed by atoms with Crippen LogP contribution in [0.25, 0.3) is 0 Å². The zero-order chi connectivity index (χ0) is 10.6. The lowest BCUT2D eigenvalue weighted by molar-refractivity contribution is 0.0789. The van der Waals surface area contributed by atoms with Crippen LogP contribution in [0.5, 0.6) is 0 Å². The number of carbonyl (C=O) groups excluding carboxylic acids is 1. The van der Waals surface area contributed by atoms with E-state index in [9.17, 15) is 9.59 Å². The lowest BCUT2D eigenvalue weighted by atomic mass is 10.3. The summed E-state index contributed by atoms with van der Waals surface area (Å²) in [5.41, 5.74) is 0.0919. The van der Waals surface area contributed by atoms with Gasteiger partial charge in [-0.05, 0) is 12.5 Å². The van der Waals surface area contributed by atoms with Crippen LogP contribution in [0.15, 0.2) is 23.0 Å². The Bertz CT molecular complexity index is 370. The fraction of sp³-hybridized carbons (Fsp3) is 0.400. The summed E-state index contributed by atoms with van der Waals surface area (Å²) in [6.07, 6.45) is 0.902. The number of nitrogens with zero attached hydrogens (tertiary/aromatic N) is 1. The highest BCUT2D eigenvalue weighted by atomic mass is 16.2. The number of amides is 1. The molecule has 1 aromatic rings. The SMILES string of the molecule is CCCN(C)C(=O)c1cccc(=O)[nH]1. The van der Waals surface area contributed by atoms with Crippen molar-refractivity contribution < 1.29 is 4.79 Å². The Kier molecular flexibility index (Phi) is 3.45. The predicted molar refractivity (Wildman–Crippen MR) is 54.3 cm³/mol. The Morgan fingerprint density at radius 3 is 2.79 bits per heavy atom. The summed E-state index contributed by atoms with van der Waals surface area (Å²) in [6, 6.07) is 4.57. The molecule has 0 fully saturated rings. The molecule has 0 bridgehead atoms. The largest absolute Gasteiger partial charge is 0.340 e. The second kappa shape index (κ2) is 4.60. The maximum atomic E-state index is 11.6. The van der Waals surface area contributed by atoms with Gasteiger partial charge in [-0.1, -0.05) is 13.0 Å². The molecule has 4 nitrogen and oxygen atoms in total. The van der Waals surface area contributed by atoms with Crippen molar-refractivity contribution in [1.82, 2.24) is 9.88 Å². The van der Waals surface area contributed by atoms with E-state index in [0.717, 1.165) is 6.42 Å². The third-order valence-corrected chi connectivity index (χ3v) is 1.90. The van der Waals surface area contributed by atoms with Crippen molar-refractivity contribution in [1.29, 1.82) is 0 Å². The molecule has 1 heterocycles. The van der Waals surface area contributed by atoms with E-state index >= 15 is 0 Å². The van der Waals surface area contributed by atoms with Crippen LogP contribution in [-0.4, -0.2) is 29.4 Å². The van der Waals surface area contributed by atoms with Crippen LogP contribution in [-0.2, 0) is 0 Å². The van der Waals surface area contributed by atoms with Crippen molar-refractivity contribution in [2.24, 2.45) is 0 Å². The average Bonchev–Trinajstić information content (AvgIpc) is 2.17. The molecule has 1 rings (SSSR count). The maximum Gasteiger partial charge on any atom is 0.270 e. The second-order valence-corrected chi connectivity index (χ2v) is 3.16. The summed E-state index contributed by atoms with van der Waals surface area (Å²) >= 11 is 0. The first-order chi connectivity index (χ1) is 6.65. The summed E-state index contributed by atoms with van der Waals surface area (Å²) in [5.74, 6) is -0.149. The van der Waals surface area contributed by atoms with Crippen LogP contribution in [0.4, 0.5) is 0 Å². The number of hydrogen-bond acceptors (Lipinski definition) is 2. The van der Waals surface area contributed by atoms with E-state index in [4.69, 9.17) is 0 Å². The second-order valence-electron chi connectivity index (χ2n) is 3.16. The molecule has 4 heteroatoms. The molecule has 76 valence electrons. The molecule has 0 aliphatic rings. The highest BCUT2D eigenvalue weighted by Crippen LogP contribution is 1.97. The summed E-state index contributed by atoms with van der Waals surface area (Å²) in [6.45, 7) is 2.69. The maximum absolute atomic E-state index is 11.6. The lowest BCUT2D eigenvalue weighted by Gasteiger charge is -2.15. The molecule has 0 spiro atoms. The van der Waals surface area contributed by atoms with Crippen LogP contribution in [0.2, 0.25) is 0 Å². The summed E-state index contributed by atoms with van der Waals surface area (Å²) in [5, 5.41) is 0. The fourth-order valence-electron chi connectivity index (χ4n) is 1.22. The van der Waals surface area contributed by atoms with E-state index in [2.05, 4.69) is 4.98 Å². The summed E-state index contributed by atoms with van der Waals surface area (Å²) in [7, 11) is 1.72. The van der Waals surface area contributed by atoms with E-state index in [-0.39, 0.29) is 11.5 Å². The summed E-state index contributed by atoms with van der Waals surface area (Å²) in [4.78, 5) is 26.7. The van der Waals surface area contributed by atoms with Crippen molar-refractivity contribution in [3.05, 3.63) is 34.2 Å². The lowest BCUT2D eigenvalue weighted by Crippen LogP contribution is -2.29. The zero-order valence-electron chi connectivity index (χ0n) is 8.41. The number of aromatic amines is 1. The molecule has 1 amide bonds. The molecule has 0 atom stereocenters. The smallest absolute Gasteiger partial charge is 0.270 e. The zero-order valence-corrected chi connectivity index (χ0v) is 8.41. The molecule has 0 saturated heterocycles. The Morgan fingerprint density at radius 1 is 1.50 bits per heavy atom. The van der Waals surface area contributed by atoms with Gasteiger partial charge >= 0.3 is 0 Å². The van der Waals surface area contributed by atoms with Gasteiger partial charge in [0.2, 0.25) is 5.56 Å². The van der Waals surface area contributed by atoms with Crippen LogP contribution in [0.3, 0.4) is 0 Å². The molecule has 0 radical (unpaired) electrons. The number of aromatic nitrogens is 1. The van der Waals surface area contributed by atoms with Gasteiger partial charge in [-0.25, -0.2) is 0 Å². The Morgan fingerprint density at radius 2 is 2.21 bits per heavy atom. The minimum Gasteiger partial charge on any atom is -0.340 e. The number of H-pyrrole nitrogens is 1. The Hall–Kier alpha value is -1.58. The molecule has 14 heavy (non-hydrogen) atoms. The van der Waals surface area contributed by atoms with Crippen molar-refractivity contribution >= 4 is 5.91 Å².